The molecule has 1 aliphatic heterocycles. The van der Waals surface area contributed by atoms with Crippen molar-refractivity contribution in [2.75, 3.05) is 6.54 Å². The molecule has 2 heteroatoms. The van der Waals surface area contributed by atoms with Crippen LogP contribution in [0.25, 0.3) is 0 Å². The minimum Gasteiger partial charge on any atom is -0.310 e. The monoisotopic (exact) mass is 179 g/mol. The molecule has 13 heavy (non-hydrogen) atoms. The molecule has 1 aromatic rings. The second-order valence-corrected chi connectivity index (χ2v) is 3.67. The van der Waals surface area contributed by atoms with Crippen LogP contribution in [0, 0.1) is 12.7 Å². The van der Waals surface area contributed by atoms with Gasteiger partial charge >= 0.3 is 0 Å². The smallest absolute Gasteiger partial charge is 0.128 e. The number of benzene rings is 1. The molecule has 0 amide bonds. The summed E-state index contributed by atoms with van der Waals surface area (Å²) in [6, 6.07) is 5.71. The van der Waals surface area contributed by atoms with Gasteiger partial charge in [-0.2, -0.15) is 0 Å². The molecule has 1 aliphatic rings. The van der Waals surface area contributed by atoms with Crippen LogP contribution in [0.3, 0.4) is 0 Å². The molecule has 2 rings (SSSR count). The fourth-order valence-electron chi connectivity index (χ4n) is 1.86. The number of halogens is 1. The van der Waals surface area contributed by atoms with Crippen LogP contribution in [0.2, 0.25) is 0 Å². The van der Waals surface area contributed by atoms with Crippen molar-refractivity contribution in [1.82, 2.24) is 5.32 Å². The van der Waals surface area contributed by atoms with E-state index >= 15 is 0 Å². The normalized spacial score (nSPS) is 22.2. The van der Waals surface area contributed by atoms with Crippen molar-refractivity contribution in [3.8, 4) is 0 Å². The summed E-state index contributed by atoms with van der Waals surface area (Å²) in [7, 11) is 0. The SMILES string of the molecule is Cc1ccc([C@@H]2CCCN2)c(F)c1. The molecule has 1 atom stereocenters. The summed E-state index contributed by atoms with van der Waals surface area (Å²) in [5.41, 5.74) is 1.81. The van der Waals surface area contributed by atoms with Gasteiger partial charge in [-0.1, -0.05) is 12.1 Å². The van der Waals surface area contributed by atoms with E-state index in [9.17, 15) is 4.39 Å². The van der Waals surface area contributed by atoms with Crippen LogP contribution >= 0.6 is 0 Å². The summed E-state index contributed by atoms with van der Waals surface area (Å²) in [4.78, 5) is 0. The number of nitrogens with one attached hydrogen (secondary N) is 1. The van der Waals surface area contributed by atoms with Crippen LogP contribution in [0.5, 0.6) is 0 Å². The molecule has 0 bridgehead atoms. The largest absolute Gasteiger partial charge is 0.310 e. The fourth-order valence-corrected chi connectivity index (χ4v) is 1.86. The summed E-state index contributed by atoms with van der Waals surface area (Å²) in [6.07, 6.45) is 2.21. The average molecular weight is 179 g/mol. The lowest BCUT2D eigenvalue weighted by Gasteiger charge is -2.11. The third-order valence-electron chi connectivity index (χ3n) is 2.59. The summed E-state index contributed by atoms with van der Waals surface area (Å²) in [5.74, 6) is -0.0700. The van der Waals surface area contributed by atoms with Crippen LogP contribution in [0.1, 0.15) is 30.0 Å². The molecular formula is C11H14FN. The van der Waals surface area contributed by atoms with Gasteiger partial charge in [0, 0.05) is 11.6 Å². The van der Waals surface area contributed by atoms with E-state index in [1.165, 1.54) is 0 Å². The highest BCUT2D eigenvalue weighted by atomic mass is 19.1. The molecule has 1 N–H and O–H groups in total. The highest BCUT2D eigenvalue weighted by Crippen LogP contribution is 2.25. The first-order valence-corrected chi connectivity index (χ1v) is 4.77. The van der Waals surface area contributed by atoms with E-state index < -0.39 is 0 Å². The lowest BCUT2D eigenvalue weighted by molar-refractivity contribution is 0.558. The van der Waals surface area contributed by atoms with Gasteiger partial charge in [-0.05, 0) is 37.9 Å². The predicted octanol–water partition coefficient (Wildman–Crippen LogP) is 2.56. The molecule has 1 fully saturated rings. The maximum Gasteiger partial charge on any atom is 0.128 e. The van der Waals surface area contributed by atoms with Crippen LogP contribution < -0.4 is 5.32 Å². The first kappa shape index (κ1) is 8.70. The van der Waals surface area contributed by atoms with Gasteiger partial charge in [0.2, 0.25) is 0 Å². The van der Waals surface area contributed by atoms with Crippen molar-refractivity contribution >= 4 is 0 Å². The van der Waals surface area contributed by atoms with Crippen molar-refractivity contribution in [2.45, 2.75) is 25.8 Å². The average Bonchev–Trinajstić information content (AvgIpc) is 2.56. The molecule has 1 aromatic carbocycles. The Bertz CT molecular complexity index is 303. The lowest BCUT2D eigenvalue weighted by atomic mass is 10.0. The molecule has 70 valence electrons. The van der Waals surface area contributed by atoms with E-state index in [0.717, 1.165) is 30.5 Å². The maximum atomic E-state index is 13.5. The summed E-state index contributed by atoms with van der Waals surface area (Å²) in [5, 5.41) is 3.29. The second-order valence-electron chi connectivity index (χ2n) is 3.67. The van der Waals surface area contributed by atoms with Crippen LogP contribution in [0.4, 0.5) is 4.39 Å². The van der Waals surface area contributed by atoms with Crippen molar-refractivity contribution in [1.29, 1.82) is 0 Å². The van der Waals surface area contributed by atoms with Crippen LogP contribution in [-0.4, -0.2) is 6.54 Å². The molecule has 1 saturated heterocycles. The molecular weight excluding hydrogens is 165 g/mol. The molecule has 0 saturated carbocycles. The summed E-state index contributed by atoms with van der Waals surface area (Å²) < 4.78 is 13.5. The highest BCUT2D eigenvalue weighted by Gasteiger charge is 2.18. The number of rotatable bonds is 1. The van der Waals surface area contributed by atoms with Gasteiger partial charge < -0.3 is 5.32 Å². The standard InChI is InChI=1S/C11H14FN/c1-8-4-5-9(10(12)7-8)11-3-2-6-13-11/h4-5,7,11,13H,2-3,6H2,1H3/t11-/m0/s1. The van der Waals surface area contributed by atoms with Crippen molar-refractivity contribution in [2.24, 2.45) is 0 Å². The summed E-state index contributed by atoms with van der Waals surface area (Å²) >= 11 is 0. The van der Waals surface area contributed by atoms with Gasteiger partial charge in [0.15, 0.2) is 0 Å². The minimum absolute atomic E-state index is 0.0700. The van der Waals surface area contributed by atoms with Gasteiger partial charge in [-0.3, -0.25) is 0 Å². The Balaban J connectivity index is 2.29. The number of hydrogen-bond donors (Lipinski definition) is 1. The third kappa shape index (κ3) is 1.73. The zero-order chi connectivity index (χ0) is 9.26. The van der Waals surface area contributed by atoms with E-state index in [1.54, 1.807) is 6.07 Å². The number of aryl methyl sites for hydroxylation is 1. The first-order chi connectivity index (χ1) is 6.27. The molecule has 0 radical (unpaired) electrons. The van der Waals surface area contributed by atoms with Crippen molar-refractivity contribution in [3.05, 3.63) is 35.1 Å². The topological polar surface area (TPSA) is 12.0 Å². The van der Waals surface area contributed by atoms with Crippen molar-refractivity contribution < 1.29 is 4.39 Å². The van der Waals surface area contributed by atoms with E-state index in [0.29, 0.717) is 0 Å². The minimum atomic E-state index is -0.0700. The van der Waals surface area contributed by atoms with E-state index in [-0.39, 0.29) is 11.9 Å². The van der Waals surface area contributed by atoms with Gasteiger partial charge in [-0.15, -0.1) is 0 Å². The molecule has 0 aliphatic carbocycles. The Morgan fingerprint density at radius 1 is 1.46 bits per heavy atom. The van der Waals surface area contributed by atoms with Gasteiger partial charge in [0.25, 0.3) is 0 Å². The van der Waals surface area contributed by atoms with Gasteiger partial charge in [-0.25, -0.2) is 4.39 Å². The van der Waals surface area contributed by atoms with E-state index in [4.69, 9.17) is 0 Å². The second kappa shape index (κ2) is 3.46. The van der Waals surface area contributed by atoms with Gasteiger partial charge in [0.1, 0.15) is 5.82 Å². The molecule has 0 aromatic heterocycles. The van der Waals surface area contributed by atoms with E-state index in [2.05, 4.69) is 5.32 Å². The predicted molar refractivity (Wildman–Crippen MR) is 51.1 cm³/mol. The molecule has 1 nitrogen and oxygen atoms in total. The maximum absolute atomic E-state index is 13.5. The Morgan fingerprint density at radius 3 is 2.92 bits per heavy atom. The molecule has 0 spiro atoms. The summed E-state index contributed by atoms with van der Waals surface area (Å²) in [6.45, 7) is 2.92. The van der Waals surface area contributed by atoms with Crippen molar-refractivity contribution in [3.63, 3.8) is 0 Å². The number of hydrogen-bond acceptors (Lipinski definition) is 1. The Morgan fingerprint density at radius 2 is 2.31 bits per heavy atom. The molecule has 1 heterocycles. The van der Waals surface area contributed by atoms with Crippen LogP contribution in [0.15, 0.2) is 18.2 Å². The Kier molecular flexibility index (Phi) is 2.32. The zero-order valence-electron chi connectivity index (χ0n) is 7.81. The quantitative estimate of drug-likeness (QED) is 0.698. The third-order valence-corrected chi connectivity index (χ3v) is 2.59. The highest BCUT2D eigenvalue weighted by molar-refractivity contribution is 5.26. The van der Waals surface area contributed by atoms with Gasteiger partial charge in [0.05, 0.1) is 0 Å². The first-order valence-electron chi connectivity index (χ1n) is 4.77. The van der Waals surface area contributed by atoms with Crippen LogP contribution in [-0.2, 0) is 0 Å². The lowest BCUT2D eigenvalue weighted by Crippen LogP contribution is -2.14. The fraction of sp³-hybridized carbons (Fsp3) is 0.455. The zero-order valence-corrected chi connectivity index (χ0v) is 7.81. The Labute approximate surface area is 78.0 Å². The molecule has 0 unspecified atom stereocenters. The van der Waals surface area contributed by atoms with E-state index in [1.807, 2.05) is 19.1 Å². The Hall–Kier alpha value is -0.890.